The van der Waals surface area contributed by atoms with Crippen molar-refractivity contribution in [3.05, 3.63) is 173 Å². The summed E-state index contributed by atoms with van der Waals surface area (Å²) in [6.07, 6.45) is 1.93. The van der Waals surface area contributed by atoms with Crippen LogP contribution in [0.15, 0.2) is 142 Å². The monoisotopic (exact) mass is 905 g/mol. The van der Waals surface area contributed by atoms with Crippen molar-refractivity contribution >= 4 is 79.4 Å². The fourth-order valence-corrected chi connectivity index (χ4v) is 11.2. The maximum Gasteiger partial charge on any atom is 0.297 e. The predicted molar refractivity (Wildman–Crippen MR) is 295 cm³/mol. The standard InChI is InChI=1S/C64H65BN2O2/c1-37(2)43-32-53-57-54(33-43)67(58-38(3)28-45(29-39(58)4)63(9,10)11)60-49-34-44(62(6,7)8)25-27-56(49)69-61(60)65(57)51-26-24-42(50-36-68-55-23-19-18-22-47(50)55)31-52(51)66(53)59-40(5)30-46(64(12,13)14)35-48(59)41-20-16-15-17-21-41/h15-37H,1-14H3. The molecule has 346 valence electrons. The van der Waals surface area contributed by atoms with Gasteiger partial charge in [-0.05, 0) is 146 Å². The predicted octanol–water partition coefficient (Wildman–Crippen LogP) is 16.5. The van der Waals surface area contributed by atoms with Gasteiger partial charge in [0, 0.05) is 39.0 Å². The van der Waals surface area contributed by atoms with E-state index in [4.69, 9.17) is 8.83 Å². The Kier molecular flexibility index (Phi) is 10.2. The van der Waals surface area contributed by atoms with Gasteiger partial charge in [0.15, 0.2) is 0 Å². The van der Waals surface area contributed by atoms with Crippen molar-refractivity contribution in [2.24, 2.45) is 0 Å². The van der Waals surface area contributed by atoms with Crippen molar-refractivity contribution in [3.63, 3.8) is 0 Å². The zero-order valence-electron chi connectivity index (χ0n) is 43.1. The summed E-state index contributed by atoms with van der Waals surface area (Å²) in [5, 5.41) is 2.25. The minimum Gasteiger partial charge on any atom is -0.468 e. The highest BCUT2D eigenvalue weighted by molar-refractivity contribution is 7.00. The third-order valence-electron chi connectivity index (χ3n) is 15.1. The van der Waals surface area contributed by atoms with Gasteiger partial charge in [-0.25, -0.2) is 0 Å². The minimum atomic E-state index is -0.196. The number of para-hydroxylation sites is 1. The summed E-state index contributed by atoms with van der Waals surface area (Å²) in [7, 11) is 0. The molecule has 0 amide bonds. The number of hydrogen-bond acceptors (Lipinski definition) is 4. The Morgan fingerprint density at radius 1 is 0.478 bits per heavy atom. The molecule has 4 heterocycles. The second-order valence-corrected chi connectivity index (χ2v) is 23.4. The maximum absolute atomic E-state index is 7.45. The van der Waals surface area contributed by atoms with E-state index in [1.165, 1.54) is 83.7 Å². The summed E-state index contributed by atoms with van der Waals surface area (Å²) in [5.74, 6) is 0.247. The molecule has 11 rings (SSSR count). The lowest BCUT2D eigenvalue weighted by Crippen LogP contribution is -2.61. The van der Waals surface area contributed by atoms with Gasteiger partial charge in [0.25, 0.3) is 6.71 Å². The van der Waals surface area contributed by atoms with Crippen molar-refractivity contribution in [2.45, 2.75) is 119 Å². The van der Waals surface area contributed by atoms with Gasteiger partial charge in [-0.3, -0.25) is 0 Å². The van der Waals surface area contributed by atoms with E-state index in [1.54, 1.807) is 0 Å². The highest BCUT2D eigenvalue weighted by atomic mass is 16.3. The molecular weight excluding hydrogens is 840 g/mol. The van der Waals surface area contributed by atoms with Crippen LogP contribution in [0.5, 0.6) is 0 Å². The Balaban J connectivity index is 1.31. The number of anilines is 6. The Morgan fingerprint density at radius 2 is 1.09 bits per heavy atom. The summed E-state index contributed by atoms with van der Waals surface area (Å²) >= 11 is 0. The number of hydrogen-bond donors (Lipinski definition) is 0. The van der Waals surface area contributed by atoms with Crippen LogP contribution in [0.3, 0.4) is 0 Å². The van der Waals surface area contributed by atoms with Crippen LogP contribution in [0.25, 0.3) is 44.2 Å². The van der Waals surface area contributed by atoms with Crippen LogP contribution in [0.1, 0.15) is 121 Å². The number of fused-ring (bicyclic) bond motifs is 7. The van der Waals surface area contributed by atoms with Crippen molar-refractivity contribution in [1.82, 2.24) is 0 Å². The molecule has 0 bridgehead atoms. The SMILES string of the molecule is Cc1cc(C(C)(C)C)cc(C)c1N1c2cc(C(C)C)cc3c2B(c2ccc(-c4coc5ccccc45)cc2N3c2c(C)cc(C(C)(C)C)cc2-c2ccccc2)c2oc3ccc(C(C)(C)C)cc3c21. The second-order valence-electron chi connectivity index (χ2n) is 23.4. The zero-order chi connectivity index (χ0) is 48.6. The molecule has 69 heavy (non-hydrogen) atoms. The Bertz CT molecular complexity index is 3510. The molecule has 5 heteroatoms. The van der Waals surface area contributed by atoms with Crippen LogP contribution in [0.2, 0.25) is 0 Å². The van der Waals surface area contributed by atoms with Crippen LogP contribution in [0.4, 0.5) is 34.1 Å². The molecule has 0 saturated heterocycles. The van der Waals surface area contributed by atoms with Gasteiger partial charge >= 0.3 is 0 Å². The lowest BCUT2D eigenvalue weighted by Gasteiger charge is -2.44. The molecule has 7 aromatic carbocycles. The molecule has 0 radical (unpaired) electrons. The van der Waals surface area contributed by atoms with Gasteiger partial charge in [-0.1, -0.05) is 161 Å². The van der Waals surface area contributed by atoms with Crippen molar-refractivity contribution in [3.8, 4) is 22.3 Å². The van der Waals surface area contributed by atoms with E-state index in [2.05, 4.69) is 228 Å². The van der Waals surface area contributed by atoms with Crippen molar-refractivity contribution < 1.29 is 8.83 Å². The lowest BCUT2D eigenvalue weighted by molar-refractivity contribution is 0.589. The van der Waals surface area contributed by atoms with E-state index in [0.717, 1.165) is 50.1 Å². The molecule has 2 aliphatic heterocycles. The minimum absolute atomic E-state index is 0.00442. The van der Waals surface area contributed by atoms with E-state index < -0.39 is 0 Å². The topological polar surface area (TPSA) is 32.8 Å². The molecule has 9 aromatic rings. The molecule has 0 N–H and O–H groups in total. The average molecular weight is 905 g/mol. The maximum atomic E-state index is 7.45. The zero-order valence-corrected chi connectivity index (χ0v) is 43.1. The summed E-state index contributed by atoms with van der Waals surface area (Å²) in [5.41, 5.74) is 25.7. The van der Waals surface area contributed by atoms with E-state index >= 15 is 0 Å². The molecule has 0 unspecified atom stereocenters. The van der Waals surface area contributed by atoms with E-state index in [1.807, 2.05) is 12.3 Å². The average Bonchev–Trinajstić information content (AvgIpc) is 3.90. The van der Waals surface area contributed by atoms with Gasteiger partial charge in [-0.2, -0.15) is 0 Å². The van der Waals surface area contributed by atoms with Crippen LogP contribution < -0.4 is 26.4 Å². The molecular formula is C64H65BN2O2. The molecule has 0 atom stereocenters. The Morgan fingerprint density at radius 3 is 1.74 bits per heavy atom. The largest absolute Gasteiger partial charge is 0.468 e. The highest BCUT2D eigenvalue weighted by Gasteiger charge is 2.48. The number of nitrogens with zero attached hydrogens (tertiary/aromatic N) is 2. The van der Waals surface area contributed by atoms with Crippen LogP contribution in [-0.2, 0) is 16.2 Å². The molecule has 4 nitrogen and oxygen atoms in total. The molecule has 2 aliphatic rings. The lowest BCUT2D eigenvalue weighted by atomic mass is 9.35. The number of furan rings is 2. The van der Waals surface area contributed by atoms with Gasteiger partial charge in [0.05, 0.1) is 29.0 Å². The van der Waals surface area contributed by atoms with Gasteiger partial charge in [-0.15, -0.1) is 0 Å². The van der Waals surface area contributed by atoms with Crippen LogP contribution in [0, 0.1) is 20.8 Å². The molecule has 0 aliphatic carbocycles. The van der Waals surface area contributed by atoms with Gasteiger partial charge < -0.3 is 18.6 Å². The van der Waals surface area contributed by atoms with Crippen molar-refractivity contribution in [2.75, 3.05) is 9.80 Å². The number of benzene rings is 7. The first-order valence-electron chi connectivity index (χ1n) is 25.0. The first-order valence-corrected chi connectivity index (χ1v) is 25.0. The molecule has 0 saturated carbocycles. The molecule has 0 fully saturated rings. The highest BCUT2D eigenvalue weighted by Crippen LogP contribution is 2.53. The molecule has 0 spiro atoms. The van der Waals surface area contributed by atoms with Crippen molar-refractivity contribution in [1.29, 1.82) is 0 Å². The first-order chi connectivity index (χ1) is 32.7. The van der Waals surface area contributed by atoms with E-state index in [0.29, 0.717) is 0 Å². The fraction of sp³-hybridized carbons (Fsp3) is 0.281. The summed E-state index contributed by atoms with van der Waals surface area (Å²) in [6, 6.07) is 48.1. The van der Waals surface area contributed by atoms with Crippen LogP contribution in [-0.4, -0.2) is 6.71 Å². The number of aryl methyl sites for hydroxylation is 3. The van der Waals surface area contributed by atoms with Gasteiger partial charge in [0.1, 0.15) is 11.2 Å². The summed E-state index contributed by atoms with van der Waals surface area (Å²) < 4.78 is 13.7. The van der Waals surface area contributed by atoms with E-state index in [-0.39, 0.29) is 28.9 Å². The second kappa shape index (κ2) is 15.7. The third kappa shape index (κ3) is 7.17. The summed E-state index contributed by atoms with van der Waals surface area (Å²) in [6.45, 7) is 32.2. The quantitative estimate of drug-likeness (QED) is 0.161. The first kappa shape index (κ1) is 44.8. The third-order valence-corrected chi connectivity index (χ3v) is 15.1. The van der Waals surface area contributed by atoms with E-state index in [9.17, 15) is 0 Å². The summed E-state index contributed by atoms with van der Waals surface area (Å²) in [4.78, 5) is 5.23. The Labute approximate surface area is 410 Å². The Hall–Kier alpha value is -6.72. The van der Waals surface area contributed by atoms with Crippen LogP contribution >= 0.6 is 0 Å². The normalized spacial score (nSPS) is 13.7. The number of rotatable bonds is 5. The van der Waals surface area contributed by atoms with Gasteiger partial charge in [0.2, 0.25) is 0 Å². The molecule has 2 aromatic heterocycles. The fourth-order valence-electron chi connectivity index (χ4n) is 11.2. The smallest absolute Gasteiger partial charge is 0.297 e.